The van der Waals surface area contributed by atoms with Gasteiger partial charge in [0.15, 0.2) is 9.84 Å². The topological polar surface area (TPSA) is 73.0 Å². The SMILES string of the molecule is CCCS(=O)(=O)c1ccc(N)c2ccncc12. The van der Waals surface area contributed by atoms with Crippen molar-refractivity contribution in [2.75, 3.05) is 11.5 Å². The average Bonchev–Trinajstić information content (AvgIpc) is 2.29. The molecule has 0 saturated carbocycles. The molecule has 2 N–H and O–H groups in total. The molecule has 0 bridgehead atoms. The first kappa shape index (κ1) is 11.9. The van der Waals surface area contributed by atoms with E-state index in [4.69, 9.17) is 5.73 Å². The zero-order chi connectivity index (χ0) is 12.5. The Morgan fingerprint density at radius 1 is 1.24 bits per heavy atom. The lowest BCUT2D eigenvalue weighted by Gasteiger charge is -2.08. The van der Waals surface area contributed by atoms with Gasteiger partial charge in [-0.3, -0.25) is 4.98 Å². The largest absolute Gasteiger partial charge is 0.398 e. The second-order valence-corrected chi connectivity index (χ2v) is 5.97. The Bertz CT molecular complexity index is 651. The van der Waals surface area contributed by atoms with Gasteiger partial charge >= 0.3 is 0 Å². The minimum absolute atomic E-state index is 0.140. The van der Waals surface area contributed by atoms with Crippen LogP contribution in [0.25, 0.3) is 10.8 Å². The first-order chi connectivity index (χ1) is 8.06. The summed E-state index contributed by atoms with van der Waals surface area (Å²) in [4.78, 5) is 4.28. The standard InChI is InChI=1S/C12H14N2O2S/c1-2-7-17(15,16)12-4-3-11(13)9-5-6-14-8-10(9)12/h3-6,8H,2,7,13H2,1H3. The maximum atomic E-state index is 12.1. The van der Waals surface area contributed by atoms with Crippen LogP contribution >= 0.6 is 0 Å². The quantitative estimate of drug-likeness (QED) is 0.846. The van der Waals surface area contributed by atoms with Gasteiger partial charge in [0, 0.05) is 28.9 Å². The summed E-state index contributed by atoms with van der Waals surface area (Å²) in [6, 6.07) is 4.92. The molecule has 1 aromatic carbocycles. The number of rotatable bonds is 3. The van der Waals surface area contributed by atoms with Crippen LogP contribution in [0.15, 0.2) is 35.5 Å². The van der Waals surface area contributed by atoms with Gasteiger partial charge in [0.1, 0.15) is 0 Å². The summed E-state index contributed by atoms with van der Waals surface area (Å²) >= 11 is 0. The highest BCUT2D eigenvalue weighted by Crippen LogP contribution is 2.27. The number of nitrogens with two attached hydrogens (primary N) is 1. The molecule has 0 saturated heterocycles. The number of hydrogen-bond donors (Lipinski definition) is 1. The smallest absolute Gasteiger partial charge is 0.179 e. The molecule has 1 aromatic heterocycles. The van der Waals surface area contributed by atoms with E-state index in [2.05, 4.69) is 4.98 Å². The van der Waals surface area contributed by atoms with Crippen LogP contribution < -0.4 is 5.73 Å². The highest BCUT2D eigenvalue weighted by Gasteiger charge is 2.17. The van der Waals surface area contributed by atoms with Crippen molar-refractivity contribution in [3.05, 3.63) is 30.6 Å². The molecule has 1 heterocycles. The van der Waals surface area contributed by atoms with E-state index < -0.39 is 9.84 Å². The Labute approximate surface area is 100 Å². The first-order valence-corrected chi connectivity index (χ1v) is 7.06. The average molecular weight is 250 g/mol. The lowest BCUT2D eigenvalue weighted by Crippen LogP contribution is -2.07. The maximum absolute atomic E-state index is 12.1. The molecule has 5 heteroatoms. The van der Waals surface area contributed by atoms with E-state index in [1.165, 1.54) is 0 Å². The van der Waals surface area contributed by atoms with Crippen molar-refractivity contribution in [2.45, 2.75) is 18.2 Å². The number of anilines is 1. The monoisotopic (exact) mass is 250 g/mol. The zero-order valence-corrected chi connectivity index (χ0v) is 10.4. The van der Waals surface area contributed by atoms with Crippen molar-refractivity contribution in [2.24, 2.45) is 0 Å². The fourth-order valence-corrected chi connectivity index (χ4v) is 3.37. The fourth-order valence-electron chi connectivity index (χ4n) is 1.84. The Balaban J connectivity index is 2.76. The number of benzene rings is 1. The molecule has 0 radical (unpaired) electrons. The summed E-state index contributed by atoms with van der Waals surface area (Å²) in [5, 5.41) is 1.33. The van der Waals surface area contributed by atoms with E-state index >= 15 is 0 Å². The van der Waals surface area contributed by atoms with E-state index in [0.717, 1.165) is 5.39 Å². The van der Waals surface area contributed by atoms with E-state index in [1.54, 1.807) is 30.6 Å². The van der Waals surface area contributed by atoms with Crippen LogP contribution in [0.4, 0.5) is 5.69 Å². The van der Waals surface area contributed by atoms with Crippen molar-refractivity contribution in [3.8, 4) is 0 Å². The van der Waals surface area contributed by atoms with Crippen molar-refractivity contribution in [3.63, 3.8) is 0 Å². The summed E-state index contributed by atoms with van der Waals surface area (Å²) in [7, 11) is -3.25. The van der Waals surface area contributed by atoms with Gasteiger partial charge in [-0.25, -0.2) is 8.42 Å². The number of aromatic nitrogens is 1. The van der Waals surface area contributed by atoms with Gasteiger partial charge in [0.05, 0.1) is 10.6 Å². The third-order valence-electron chi connectivity index (χ3n) is 2.62. The molecular formula is C12H14N2O2S. The lowest BCUT2D eigenvalue weighted by molar-refractivity contribution is 0.595. The molecule has 2 rings (SSSR count). The summed E-state index contributed by atoms with van der Waals surface area (Å²) in [6.07, 6.45) is 3.75. The number of hydrogen-bond acceptors (Lipinski definition) is 4. The predicted octanol–water partition coefficient (Wildman–Crippen LogP) is 2.00. The predicted molar refractivity (Wildman–Crippen MR) is 68.5 cm³/mol. The first-order valence-electron chi connectivity index (χ1n) is 5.41. The van der Waals surface area contributed by atoms with Crippen LogP contribution in [0.5, 0.6) is 0 Å². The molecule has 17 heavy (non-hydrogen) atoms. The number of sulfone groups is 1. The normalized spacial score (nSPS) is 11.8. The van der Waals surface area contributed by atoms with E-state index in [-0.39, 0.29) is 5.75 Å². The number of nitrogens with zero attached hydrogens (tertiary/aromatic N) is 1. The molecule has 4 nitrogen and oxygen atoms in total. The molecule has 0 aliphatic rings. The van der Waals surface area contributed by atoms with Gasteiger partial charge in [-0.05, 0) is 24.6 Å². The minimum Gasteiger partial charge on any atom is -0.398 e. The Morgan fingerprint density at radius 3 is 2.71 bits per heavy atom. The van der Waals surface area contributed by atoms with Gasteiger partial charge < -0.3 is 5.73 Å². The summed E-state index contributed by atoms with van der Waals surface area (Å²) in [6.45, 7) is 1.84. The second kappa shape index (κ2) is 4.33. The molecule has 90 valence electrons. The maximum Gasteiger partial charge on any atom is 0.179 e. The Morgan fingerprint density at radius 2 is 2.00 bits per heavy atom. The van der Waals surface area contributed by atoms with Gasteiger partial charge in [-0.1, -0.05) is 6.92 Å². The van der Waals surface area contributed by atoms with Crippen LogP contribution in [-0.2, 0) is 9.84 Å². The third kappa shape index (κ3) is 2.10. The van der Waals surface area contributed by atoms with E-state index in [9.17, 15) is 8.42 Å². The molecule has 0 atom stereocenters. The molecule has 0 fully saturated rings. The molecule has 0 aliphatic carbocycles. The van der Waals surface area contributed by atoms with Crippen LogP contribution in [0, 0.1) is 0 Å². The molecule has 0 unspecified atom stereocenters. The summed E-state index contributed by atoms with van der Waals surface area (Å²) in [5.74, 6) is 0.140. The van der Waals surface area contributed by atoms with Gasteiger partial charge in [-0.2, -0.15) is 0 Å². The highest BCUT2D eigenvalue weighted by atomic mass is 32.2. The summed E-state index contributed by atoms with van der Waals surface area (Å²) < 4.78 is 24.2. The van der Waals surface area contributed by atoms with Gasteiger partial charge in [0.2, 0.25) is 0 Å². The molecule has 0 amide bonds. The van der Waals surface area contributed by atoms with Crippen molar-refractivity contribution in [1.82, 2.24) is 4.98 Å². The lowest BCUT2D eigenvalue weighted by atomic mass is 10.1. The van der Waals surface area contributed by atoms with Crippen LogP contribution in [0.3, 0.4) is 0 Å². The van der Waals surface area contributed by atoms with Crippen molar-refractivity contribution >= 4 is 26.3 Å². The Hall–Kier alpha value is -1.62. The van der Waals surface area contributed by atoms with Crippen molar-refractivity contribution < 1.29 is 8.42 Å². The van der Waals surface area contributed by atoms with Crippen molar-refractivity contribution in [1.29, 1.82) is 0 Å². The zero-order valence-electron chi connectivity index (χ0n) is 9.55. The number of fused-ring (bicyclic) bond motifs is 1. The van der Waals surface area contributed by atoms with Crippen LogP contribution in [-0.4, -0.2) is 19.2 Å². The molecule has 0 spiro atoms. The summed E-state index contributed by atoms with van der Waals surface area (Å²) in [5.41, 5.74) is 6.39. The second-order valence-electron chi connectivity index (χ2n) is 3.89. The number of nitrogen functional groups attached to an aromatic ring is 1. The minimum atomic E-state index is -3.25. The van der Waals surface area contributed by atoms with E-state index in [0.29, 0.717) is 22.4 Å². The third-order valence-corrected chi connectivity index (χ3v) is 4.59. The van der Waals surface area contributed by atoms with Crippen LogP contribution in [0.2, 0.25) is 0 Å². The van der Waals surface area contributed by atoms with Gasteiger partial charge in [-0.15, -0.1) is 0 Å². The van der Waals surface area contributed by atoms with Crippen LogP contribution in [0.1, 0.15) is 13.3 Å². The fraction of sp³-hybridized carbons (Fsp3) is 0.250. The molecular weight excluding hydrogens is 236 g/mol. The van der Waals surface area contributed by atoms with E-state index in [1.807, 2.05) is 6.92 Å². The number of pyridine rings is 1. The molecule has 0 aliphatic heterocycles. The highest BCUT2D eigenvalue weighted by molar-refractivity contribution is 7.91. The Kier molecular flexibility index (Phi) is 3.02. The molecule has 2 aromatic rings. The van der Waals surface area contributed by atoms with Gasteiger partial charge in [0.25, 0.3) is 0 Å².